The predicted molar refractivity (Wildman–Crippen MR) is 120 cm³/mol. The van der Waals surface area contributed by atoms with Crippen LogP contribution in [0.5, 0.6) is 0 Å². The van der Waals surface area contributed by atoms with Crippen molar-refractivity contribution in [2.75, 3.05) is 6.54 Å². The summed E-state index contributed by atoms with van der Waals surface area (Å²) < 4.78 is 4.87. The van der Waals surface area contributed by atoms with Crippen molar-refractivity contribution in [2.45, 2.75) is 39.7 Å². The molecule has 3 aromatic heterocycles. The van der Waals surface area contributed by atoms with Crippen molar-refractivity contribution >= 4 is 16.8 Å². The summed E-state index contributed by atoms with van der Waals surface area (Å²) in [6.07, 6.45) is 5.62. The first kappa shape index (κ1) is 20.6. The van der Waals surface area contributed by atoms with Crippen LogP contribution in [0.25, 0.3) is 22.4 Å². The van der Waals surface area contributed by atoms with E-state index >= 15 is 0 Å². The molecule has 3 heterocycles. The highest BCUT2D eigenvalue weighted by Crippen LogP contribution is 2.25. The normalized spacial score (nSPS) is 12.2. The maximum Gasteiger partial charge on any atom is 0.280 e. The van der Waals surface area contributed by atoms with Crippen molar-refractivity contribution < 1.29 is 4.79 Å². The average molecular weight is 419 g/mol. The monoisotopic (exact) mass is 418 g/mol. The minimum atomic E-state index is -0.731. The molecule has 0 fully saturated rings. The lowest BCUT2D eigenvalue weighted by Gasteiger charge is -2.15. The van der Waals surface area contributed by atoms with E-state index in [1.54, 1.807) is 11.6 Å². The number of amides is 1. The van der Waals surface area contributed by atoms with Gasteiger partial charge in [-0.15, -0.1) is 0 Å². The molecule has 4 rings (SSSR count). The number of unbranched alkanes of at least 4 members (excludes halogenated alkanes) is 1. The zero-order chi connectivity index (χ0) is 22.0. The number of aryl methyl sites for hydroxylation is 1. The van der Waals surface area contributed by atoms with Gasteiger partial charge in [-0.2, -0.15) is 10.2 Å². The lowest BCUT2D eigenvalue weighted by Crippen LogP contribution is -2.38. The molecule has 1 aromatic carbocycles. The first-order chi connectivity index (χ1) is 15.0. The van der Waals surface area contributed by atoms with Crippen molar-refractivity contribution in [3.05, 3.63) is 70.9 Å². The standard InChI is InChI=1S/C23H26N6O2/c1-4-5-13-24-21(30)17(3)28-23(31)19-20(16(2)25-28)26-29(18-11-7-6-8-12-18)22(19)27-14-9-10-15-27/h6-12,14-15,17H,4-5,13H2,1-3H3,(H,24,30). The maximum atomic E-state index is 13.6. The third kappa shape index (κ3) is 3.76. The molecule has 0 bridgehead atoms. The Hall–Kier alpha value is -3.68. The highest BCUT2D eigenvalue weighted by atomic mass is 16.2. The van der Waals surface area contributed by atoms with Crippen molar-refractivity contribution in [3.8, 4) is 11.5 Å². The van der Waals surface area contributed by atoms with Crippen LogP contribution in [0.2, 0.25) is 0 Å². The van der Waals surface area contributed by atoms with Crippen LogP contribution < -0.4 is 10.9 Å². The molecule has 0 aliphatic heterocycles. The van der Waals surface area contributed by atoms with Gasteiger partial charge in [-0.1, -0.05) is 31.5 Å². The topological polar surface area (TPSA) is 86.7 Å². The SMILES string of the molecule is CCCCNC(=O)C(C)n1nc(C)c2nn(-c3ccccc3)c(-n3cccc3)c2c1=O. The van der Waals surface area contributed by atoms with E-state index in [2.05, 4.69) is 17.3 Å². The number of aromatic nitrogens is 5. The van der Waals surface area contributed by atoms with Gasteiger partial charge in [-0.25, -0.2) is 9.36 Å². The Morgan fingerprint density at radius 3 is 2.48 bits per heavy atom. The number of benzene rings is 1. The van der Waals surface area contributed by atoms with Crippen LogP contribution in [0.15, 0.2) is 59.7 Å². The Morgan fingerprint density at radius 2 is 1.81 bits per heavy atom. The van der Waals surface area contributed by atoms with Crippen LogP contribution in [-0.2, 0) is 4.79 Å². The summed E-state index contributed by atoms with van der Waals surface area (Å²) >= 11 is 0. The second-order valence-electron chi connectivity index (χ2n) is 7.54. The summed E-state index contributed by atoms with van der Waals surface area (Å²) in [6.45, 7) is 6.14. The van der Waals surface area contributed by atoms with Crippen molar-refractivity contribution in [2.24, 2.45) is 0 Å². The third-order valence-electron chi connectivity index (χ3n) is 5.31. The van der Waals surface area contributed by atoms with Crippen molar-refractivity contribution in [1.29, 1.82) is 0 Å². The molecule has 0 saturated heterocycles. The molecule has 1 unspecified atom stereocenters. The van der Waals surface area contributed by atoms with Gasteiger partial charge in [0.15, 0.2) is 5.82 Å². The maximum absolute atomic E-state index is 13.6. The lowest BCUT2D eigenvalue weighted by molar-refractivity contribution is -0.124. The van der Waals surface area contributed by atoms with E-state index in [1.165, 1.54) is 4.68 Å². The van der Waals surface area contributed by atoms with Crippen LogP contribution in [0, 0.1) is 6.92 Å². The van der Waals surface area contributed by atoms with Gasteiger partial charge in [0.05, 0.1) is 11.4 Å². The summed E-state index contributed by atoms with van der Waals surface area (Å²) in [7, 11) is 0. The quantitative estimate of drug-likeness (QED) is 0.467. The first-order valence-electron chi connectivity index (χ1n) is 10.5. The minimum absolute atomic E-state index is 0.222. The molecule has 8 heteroatoms. The highest BCUT2D eigenvalue weighted by Gasteiger charge is 2.25. The molecular formula is C23H26N6O2. The largest absolute Gasteiger partial charge is 0.354 e. The summed E-state index contributed by atoms with van der Waals surface area (Å²) in [5.41, 5.74) is 1.60. The fourth-order valence-electron chi connectivity index (χ4n) is 3.60. The summed E-state index contributed by atoms with van der Waals surface area (Å²) in [4.78, 5) is 26.2. The number of carbonyl (C=O) groups is 1. The Labute approximate surface area is 180 Å². The molecule has 1 N–H and O–H groups in total. The number of rotatable bonds is 7. The smallest absolute Gasteiger partial charge is 0.280 e. The van der Waals surface area contributed by atoms with Gasteiger partial charge < -0.3 is 9.88 Å². The Bertz CT molecular complexity index is 1250. The molecule has 0 aliphatic carbocycles. The van der Waals surface area contributed by atoms with Gasteiger partial charge in [0, 0.05) is 18.9 Å². The number of hydrogen-bond donors (Lipinski definition) is 1. The van der Waals surface area contributed by atoms with E-state index in [1.807, 2.05) is 66.3 Å². The van der Waals surface area contributed by atoms with Gasteiger partial charge in [0.2, 0.25) is 5.91 Å². The molecule has 0 radical (unpaired) electrons. The van der Waals surface area contributed by atoms with E-state index in [-0.39, 0.29) is 11.5 Å². The van der Waals surface area contributed by atoms with Crippen molar-refractivity contribution in [3.63, 3.8) is 0 Å². The van der Waals surface area contributed by atoms with Gasteiger partial charge >= 0.3 is 0 Å². The van der Waals surface area contributed by atoms with Crippen LogP contribution in [0.3, 0.4) is 0 Å². The van der Waals surface area contributed by atoms with Gasteiger partial charge in [0.25, 0.3) is 5.56 Å². The Kier molecular flexibility index (Phi) is 5.70. The van der Waals surface area contributed by atoms with Crippen molar-refractivity contribution in [1.82, 2.24) is 29.4 Å². The first-order valence-corrected chi connectivity index (χ1v) is 10.5. The minimum Gasteiger partial charge on any atom is -0.354 e. The van der Waals surface area contributed by atoms with E-state index < -0.39 is 6.04 Å². The van der Waals surface area contributed by atoms with Crippen LogP contribution >= 0.6 is 0 Å². The van der Waals surface area contributed by atoms with E-state index in [4.69, 9.17) is 5.10 Å². The molecule has 31 heavy (non-hydrogen) atoms. The summed E-state index contributed by atoms with van der Waals surface area (Å²) in [5.74, 6) is 0.397. The molecule has 1 amide bonds. The number of hydrogen-bond acceptors (Lipinski definition) is 4. The van der Waals surface area contributed by atoms with Gasteiger partial charge in [0.1, 0.15) is 16.9 Å². The number of para-hydroxylation sites is 1. The van der Waals surface area contributed by atoms with Gasteiger partial charge in [-0.05, 0) is 44.5 Å². The number of fused-ring (bicyclic) bond motifs is 1. The molecule has 0 spiro atoms. The van der Waals surface area contributed by atoms with Crippen LogP contribution in [0.4, 0.5) is 0 Å². The second kappa shape index (κ2) is 8.59. The van der Waals surface area contributed by atoms with E-state index in [9.17, 15) is 9.59 Å². The lowest BCUT2D eigenvalue weighted by atomic mass is 10.2. The van der Waals surface area contributed by atoms with Crippen LogP contribution in [-0.4, -0.2) is 36.6 Å². The third-order valence-corrected chi connectivity index (χ3v) is 5.31. The summed E-state index contributed by atoms with van der Waals surface area (Å²) in [6, 6.07) is 12.7. The predicted octanol–water partition coefficient (Wildman–Crippen LogP) is 3.16. The number of nitrogens with zero attached hydrogens (tertiary/aromatic N) is 5. The van der Waals surface area contributed by atoms with Gasteiger partial charge in [-0.3, -0.25) is 9.59 Å². The molecule has 160 valence electrons. The Morgan fingerprint density at radius 1 is 1.10 bits per heavy atom. The second-order valence-corrected chi connectivity index (χ2v) is 7.54. The molecule has 8 nitrogen and oxygen atoms in total. The summed E-state index contributed by atoms with van der Waals surface area (Å²) in [5, 5.41) is 12.5. The number of nitrogens with one attached hydrogen (secondary N) is 1. The fraction of sp³-hybridized carbons (Fsp3) is 0.304. The molecule has 0 saturated carbocycles. The zero-order valence-electron chi connectivity index (χ0n) is 17.9. The fourth-order valence-corrected chi connectivity index (χ4v) is 3.60. The van der Waals surface area contributed by atoms with E-state index in [0.29, 0.717) is 29.0 Å². The number of carbonyl (C=O) groups excluding carboxylic acids is 1. The molecular weight excluding hydrogens is 392 g/mol. The Balaban J connectivity index is 1.92. The average Bonchev–Trinajstić information content (AvgIpc) is 3.44. The molecule has 1 atom stereocenters. The highest BCUT2D eigenvalue weighted by molar-refractivity contribution is 5.88. The zero-order valence-corrected chi connectivity index (χ0v) is 17.9. The molecule has 4 aromatic rings. The van der Waals surface area contributed by atoms with Crippen LogP contribution in [0.1, 0.15) is 38.4 Å². The molecule has 0 aliphatic rings. The van der Waals surface area contributed by atoms with E-state index in [0.717, 1.165) is 18.5 Å².